The molecule has 1 aromatic heterocycles. The number of para-hydroxylation sites is 2. The molecule has 28 heavy (non-hydrogen) atoms. The van der Waals surface area contributed by atoms with Gasteiger partial charge in [-0.1, -0.05) is 41.9 Å². The first-order chi connectivity index (χ1) is 13.6. The largest absolute Gasteiger partial charge is 0.352 e. The molecule has 144 valence electrons. The highest BCUT2D eigenvalue weighted by atomic mass is 35.5. The van der Waals surface area contributed by atoms with Crippen LogP contribution in [0.2, 0.25) is 5.02 Å². The van der Waals surface area contributed by atoms with Crippen LogP contribution in [-0.4, -0.2) is 29.0 Å². The lowest BCUT2D eigenvalue weighted by atomic mass is 9.97. The number of fused-ring (bicyclic) bond motifs is 1. The molecule has 6 nitrogen and oxygen atoms in total. The predicted octanol–water partition coefficient (Wildman–Crippen LogP) is 3.11. The van der Waals surface area contributed by atoms with Gasteiger partial charge in [-0.3, -0.25) is 9.59 Å². The molecule has 1 fully saturated rings. The molecule has 0 spiro atoms. The molecule has 1 saturated heterocycles. The second kappa shape index (κ2) is 8.02. The fraction of sp³-hybridized carbons (Fsp3) is 0.286. The van der Waals surface area contributed by atoms with E-state index in [4.69, 9.17) is 11.6 Å². The van der Waals surface area contributed by atoms with Gasteiger partial charge in [-0.05, 0) is 36.6 Å². The van der Waals surface area contributed by atoms with E-state index in [9.17, 15) is 9.59 Å². The van der Waals surface area contributed by atoms with E-state index in [0.29, 0.717) is 36.0 Å². The highest BCUT2D eigenvalue weighted by molar-refractivity contribution is 6.31. The van der Waals surface area contributed by atoms with E-state index in [-0.39, 0.29) is 17.4 Å². The van der Waals surface area contributed by atoms with Gasteiger partial charge in [0.2, 0.25) is 5.91 Å². The minimum Gasteiger partial charge on any atom is -0.352 e. The third-order valence-electron chi connectivity index (χ3n) is 5.08. The number of nitrogens with one attached hydrogen (secondary N) is 2. The van der Waals surface area contributed by atoms with Gasteiger partial charge < -0.3 is 15.2 Å². The minimum absolute atomic E-state index is 0.0261. The Morgan fingerprint density at radius 2 is 2.00 bits per heavy atom. The molecule has 1 aliphatic rings. The second-order valence-corrected chi connectivity index (χ2v) is 7.41. The summed E-state index contributed by atoms with van der Waals surface area (Å²) < 4.78 is 0. The number of hydrogen-bond donors (Lipinski definition) is 2. The number of halogens is 1. The van der Waals surface area contributed by atoms with Crippen LogP contribution < -0.4 is 15.8 Å². The van der Waals surface area contributed by atoms with E-state index in [1.54, 1.807) is 0 Å². The first-order valence-corrected chi connectivity index (χ1v) is 9.75. The number of anilines is 1. The maximum absolute atomic E-state index is 12.7. The average Bonchev–Trinajstić information content (AvgIpc) is 2.72. The number of piperidine rings is 1. The van der Waals surface area contributed by atoms with E-state index in [1.807, 2.05) is 53.4 Å². The van der Waals surface area contributed by atoms with Crippen LogP contribution in [0.5, 0.6) is 0 Å². The molecular weight excluding hydrogens is 376 g/mol. The molecule has 0 unspecified atom stereocenters. The fourth-order valence-corrected chi connectivity index (χ4v) is 3.79. The number of hydrogen-bond acceptors (Lipinski definition) is 4. The van der Waals surface area contributed by atoms with Gasteiger partial charge in [-0.2, -0.15) is 0 Å². The first kappa shape index (κ1) is 18.5. The molecule has 2 N–H and O–H groups in total. The van der Waals surface area contributed by atoms with Gasteiger partial charge in [-0.25, -0.2) is 4.98 Å². The zero-order valence-electron chi connectivity index (χ0n) is 15.3. The Bertz CT molecular complexity index is 1070. The smallest absolute Gasteiger partial charge is 0.291 e. The molecule has 7 heteroatoms. The van der Waals surface area contributed by atoms with Crippen LogP contribution in [-0.2, 0) is 11.3 Å². The van der Waals surface area contributed by atoms with Crippen molar-refractivity contribution in [1.29, 1.82) is 0 Å². The standard InChI is InChI=1S/C21H21ClN4O2/c22-16-8-2-1-6-14(16)12-23-20(27)15-7-5-11-26(13-15)19-21(28)25-18-10-4-3-9-17(18)24-19/h1-4,6,8-10,15H,5,7,11-13H2,(H,23,27)(H,25,28)/t15-/m0/s1. The van der Waals surface area contributed by atoms with Gasteiger partial charge in [0.25, 0.3) is 5.56 Å². The number of aromatic nitrogens is 2. The van der Waals surface area contributed by atoms with Crippen molar-refractivity contribution in [3.05, 3.63) is 69.5 Å². The van der Waals surface area contributed by atoms with Crippen LogP contribution in [0, 0.1) is 5.92 Å². The summed E-state index contributed by atoms with van der Waals surface area (Å²) in [5.41, 5.74) is 2.11. The minimum atomic E-state index is -0.226. The summed E-state index contributed by atoms with van der Waals surface area (Å²) in [6.45, 7) is 1.58. The molecule has 1 amide bonds. The normalized spacial score (nSPS) is 16.9. The topological polar surface area (TPSA) is 78.1 Å². The Morgan fingerprint density at radius 3 is 2.86 bits per heavy atom. The molecule has 1 aliphatic heterocycles. The Kier molecular flexibility index (Phi) is 5.30. The number of carbonyl (C=O) groups excluding carboxylic acids is 1. The monoisotopic (exact) mass is 396 g/mol. The summed E-state index contributed by atoms with van der Waals surface area (Å²) in [4.78, 5) is 34.5. The maximum atomic E-state index is 12.7. The van der Waals surface area contributed by atoms with Crippen LogP contribution >= 0.6 is 11.6 Å². The second-order valence-electron chi connectivity index (χ2n) is 7.00. The van der Waals surface area contributed by atoms with Gasteiger partial charge >= 0.3 is 0 Å². The first-order valence-electron chi connectivity index (χ1n) is 9.37. The molecule has 0 aliphatic carbocycles. The van der Waals surface area contributed by atoms with Crippen molar-refractivity contribution in [2.45, 2.75) is 19.4 Å². The SMILES string of the molecule is O=C(NCc1ccccc1Cl)[C@H]1CCCN(c2nc3ccccc3[nH]c2=O)C1. The van der Waals surface area contributed by atoms with Crippen LogP contribution in [0.3, 0.4) is 0 Å². The van der Waals surface area contributed by atoms with Gasteiger partial charge in [0.15, 0.2) is 5.82 Å². The van der Waals surface area contributed by atoms with Crippen molar-refractivity contribution in [3.63, 3.8) is 0 Å². The van der Waals surface area contributed by atoms with E-state index < -0.39 is 0 Å². The Morgan fingerprint density at radius 1 is 1.21 bits per heavy atom. The number of H-pyrrole nitrogens is 1. The number of nitrogens with zero attached hydrogens (tertiary/aromatic N) is 2. The lowest BCUT2D eigenvalue weighted by Gasteiger charge is -2.32. The van der Waals surface area contributed by atoms with E-state index in [0.717, 1.165) is 23.9 Å². The summed E-state index contributed by atoms with van der Waals surface area (Å²) in [6, 6.07) is 14.9. The number of aromatic amines is 1. The summed E-state index contributed by atoms with van der Waals surface area (Å²) in [5, 5.41) is 3.61. The van der Waals surface area contributed by atoms with Crippen LogP contribution in [0.25, 0.3) is 11.0 Å². The molecule has 4 rings (SSSR count). The Labute approximate surface area is 167 Å². The lowest BCUT2D eigenvalue weighted by molar-refractivity contribution is -0.125. The van der Waals surface area contributed by atoms with Crippen molar-refractivity contribution < 1.29 is 4.79 Å². The summed E-state index contributed by atoms with van der Waals surface area (Å²) in [7, 11) is 0. The molecule has 0 bridgehead atoms. The predicted molar refractivity (Wildman–Crippen MR) is 111 cm³/mol. The van der Waals surface area contributed by atoms with E-state index >= 15 is 0 Å². The molecule has 0 radical (unpaired) electrons. The average molecular weight is 397 g/mol. The zero-order chi connectivity index (χ0) is 19.5. The van der Waals surface area contributed by atoms with Crippen LogP contribution in [0.15, 0.2) is 53.3 Å². The number of rotatable bonds is 4. The third-order valence-corrected chi connectivity index (χ3v) is 5.45. The van der Waals surface area contributed by atoms with Gasteiger partial charge in [0, 0.05) is 24.7 Å². The lowest BCUT2D eigenvalue weighted by Crippen LogP contribution is -2.44. The van der Waals surface area contributed by atoms with E-state index in [1.165, 1.54) is 0 Å². The maximum Gasteiger partial charge on any atom is 0.291 e. The van der Waals surface area contributed by atoms with E-state index in [2.05, 4.69) is 15.3 Å². The number of carbonyl (C=O) groups is 1. The highest BCUT2D eigenvalue weighted by Crippen LogP contribution is 2.21. The van der Waals surface area contributed by atoms with Gasteiger partial charge in [0.05, 0.1) is 17.0 Å². The Balaban J connectivity index is 1.47. The molecule has 2 heterocycles. The molecule has 2 aromatic carbocycles. The number of benzene rings is 2. The summed E-state index contributed by atoms with van der Waals surface area (Å²) >= 11 is 6.16. The van der Waals surface area contributed by atoms with Crippen molar-refractivity contribution in [2.24, 2.45) is 5.92 Å². The molecular formula is C21H21ClN4O2. The fourth-order valence-electron chi connectivity index (χ4n) is 3.59. The van der Waals surface area contributed by atoms with Crippen molar-refractivity contribution in [3.8, 4) is 0 Å². The molecule has 0 saturated carbocycles. The van der Waals surface area contributed by atoms with Gasteiger partial charge in [-0.15, -0.1) is 0 Å². The summed E-state index contributed by atoms with van der Waals surface area (Å²) in [5.74, 6) is 0.160. The zero-order valence-corrected chi connectivity index (χ0v) is 16.1. The third kappa shape index (κ3) is 3.87. The molecule has 1 atom stereocenters. The van der Waals surface area contributed by atoms with Crippen molar-refractivity contribution in [1.82, 2.24) is 15.3 Å². The molecule has 3 aromatic rings. The highest BCUT2D eigenvalue weighted by Gasteiger charge is 2.28. The summed E-state index contributed by atoms with van der Waals surface area (Å²) in [6.07, 6.45) is 1.62. The van der Waals surface area contributed by atoms with Crippen LogP contribution in [0.4, 0.5) is 5.82 Å². The van der Waals surface area contributed by atoms with Crippen molar-refractivity contribution >= 4 is 34.4 Å². The quantitative estimate of drug-likeness (QED) is 0.710. The van der Waals surface area contributed by atoms with Gasteiger partial charge in [0.1, 0.15) is 0 Å². The Hall–Kier alpha value is -2.86. The number of amides is 1. The van der Waals surface area contributed by atoms with Crippen LogP contribution in [0.1, 0.15) is 18.4 Å². The van der Waals surface area contributed by atoms with Crippen molar-refractivity contribution in [2.75, 3.05) is 18.0 Å².